The van der Waals surface area contributed by atoms with E-state index in [0.717, 1.165) is 19.3 Å². The Morgan fingerprint density at radius 2 is 1.26 bits per heavy atom. The van der Waals surface area contributed by atoms with Crippen molar-refractivity contribution >= 4 is 105 Å². The highest BCUT2D eigenvalue weighted by atomic mass is 32.2. The Kier molecular flexibility index (Phi) is 8.46. The summed E-state index contributed by atoms with van der Waals surface area (Å²) in [5, 5.41) is 5.26. The number of benzene rings is 8. The molecule has 10 aromatic rings. The fourth-order valence-corrected chi connectivity index (χ4v) is 12.5. The summed E-state index contributed by atoms with van der Waals surface area (Å²) in [5.41, 5.74) is 17.0. The zero-order valence-corrected chi connectivity index (χ0v) is 36.6. The lowest BCUT2D eigenvalue weighted by atomic mass is 9.34. The highest BCUT2D eigenvalue weighted by molar-refractivity contribution is 8.00. The molecule has 2 aliphatic rings. The second-order valence-electron chi connectivity index (χ2n) is 17.9. The van der Waals surface area contributed by atoms with Crippen LogP contribution in [0.4, 0.5) is 17.1 Å². The largest absolute Gasteiger partial charge is 0.311 e. The first kappa shape index (κ1) is 36.8. The number of thiophene rings is 1. The van der Waals surface area contributed by atoms with Crippen molar-refractivity contribution in [2.75, 3.05) is 4.90 Å². The van der Waals surface area contributed by atoms with Gasteiger partial charge in [-0.25, -0.2) is 0 Å². The van der Waals surface area contributed by atoms with Crippen LogP contribution in [0, 0.1) is 0 Å². The number of aromatic nitrogens is 1. The first-order valence-corrected chi connectivity index (χ1v) is 23.4. The highest BCUT2D eigenvalue weighted by Crippen LogP contribution is 2.48. The zero-order valence-electron chi connectivity index (χ0n) is 35.0. The van der Waals surface area contributed by atoms with E-state index in [-0.39, 0.29) is 12.1 Å². The van der Waals surface area contributed by atoms with Crippen LogP contribution in [-0.2, 0) is 11.8 Å². The van der Waals surface area contributed by atoms with E-state index in [2.05, 4.69) is 201 Å². The van der Waals surface area contributed by atoms with Crippen molar-refractivity contribution in [2.24, 2.45) is 0 Å². The third-order valence-corrected chi connectivity index (χ3v) is 15.5. The summed E-state index contributed by atoms with van der Waals surface area (Å²) in [7, 11) is 0. The van der Waals surface area contributed by atoms with Gasteiger partial charge in [-0.05, 0) is 112 Å². The fraction of sp³-hybridized carbons (Fsp3) is 0.143. The standard InChI is InChI=1S/C56H45BN2S2/c1-5-6-16-37-30-52-43(42-21-12-15-24-51(42)60-52)34-49(37)59-48-28-25-36(35-17-8-7-9-18-35)29-45(48)57-44-27-26-39(58-46-22-13-10-19-40(46)41-20-11-14-23-47(41)58)33-53(44)61-54-32-38(56(2,3)4)31-50(59)55(54)57/h7-15,17-34H,5-6,16H2,1-4H3. The van der Waals surface area contributed by atoms with Gasteiger partial charge < -0.3 is 9.47 Å². The van der Waals surface area contributed by atoms with Crippen LogP contribution >= 0.6 is 23.1 Å². The smallest absolute Gasteiger partial charge is 0.249 e. The molecule has 2 aliphatic heterocycles. The molecule has 0 saturated carbocycles. The average molecular weight is 821 g/mol. The Balaban J connectivity index is 1.14. The van der Waals surface area contributed by atoms with Crippen molar-refractivity contribution in [3.8, 4) is 16.8 Å². The predicted molar refractivity (Wildman–Crippen MR) is 266 cm³/mol. The minimum absolute atomic E-state index is 0.0473. The van der Waals surface area contributed by atoms with Crippen LogP contribution in [0.15, 0.2) is 174 Å². The monoisotopic (exact) mass is 820 g/mol. The molecule has 0 amide bonds. The maximum absolute atomic E-state index is 2.67. The number of anilines is 3. The lowest BCUT2D eigenvalue weighted by Gasteiger charge is -2.42. The van der Waals surface area contributed by atoms with E-state index in [9.17, 15) is 0 Å². The first-order valence-electron chi connectivity index (χ1n) is 21.8. The van der Waals surface area contributed by atoms with E-state index >= 15 is 0 Å². The molecule has 12 rings (SSSR count). The third-order valence-electron chi connectivity index (χ3n) is 13.2. The molecule has 4 heterocycles. The summed E-state index contributed by atoms with van der Waals surface area (Å²) in [6, 6.07) is 62.3. The highest BCUT2D eigenvalue weighted by Gasteiger charge is 2.42. The van der Waals surface area contributed by atoms with Crippen LogP contribution < -0.4 is 21.3 Å². The normalized spacial score (nSPS) is 13.3. The van der Waals surface area contributed by atoms with Gasteiger partial charge in [0.1, 0.15) is 0 Å². The molecule has 2 aromatic heterocycles. The number of nitrogens with zero attached hydrogens (tertiary/aromatic N) is 2. The number of aryl methyl sites for hydroxylation is 1. The van der Waals surface area contributed by atoms with Crippen LogP contribution in [0.1, 0.15) is 51.7 Å². The minimum atomic E-state index is -0.0473. The van der Waals surface area contributed by atoms with E-state index in [1.807, 2.05) is 23.1 Å². The molecule has 0 spiro atoms. The molecule has 0 fully saturated rings. The van der Waals surface area contributed by atoms with Gasteiger partial charge in [0.2, 0.25) is 6.71 Å². The fourth-order valence-electron chi connectivity index (χ4n) is 10.2. The van der Waals surface area contributed by atoms with Crippen LogP contribution in [-0.4, -0.2) is 11.3 Å². The molecule has 0 unspecified atom stereocenters. The van der Waals surface area contributed by atoms with E-state index in [4.69, 9.17) is 0 Å². The second-order valence-corrected chi connectivity index (χ2v) is 20.1. The molecule has 0 bridgehead atoms. The Labute approximate surface area is 366 Å². The topological polar surface area (TPSA) is 8.17 Å². The number of hydrogen-bond donors (Lipinski definition) is 0. The van der Waals surface area contributed by atoms with Gasteiger partial charge in [-0.3, -0.25) is 0 Å². The first-order chi connectivity index (χ1) is 29.8. The summed E-state index contributed by atoms with van der Waals surface area (Å²) in [6.45, 7) is 9.48. The number of rotatable bonds is 6. The predicted octanol–water partition coefficient (Wildman–Crippen LogP) is 14.2. The van der Waals surface area contributed by atoms with Crippen molar-refractivity contribution in [3.05, 3.63) is 175 Å². The van der Waals surface area contributed by atoms with Crippen molar-refractivity contribution in [3.63, 3.8) is 0 Å². The van der Waals surface area contributed by atoms with Crippen LogP contribution in [0.5, 0.6) is 0 Å². The molecular weight excluding hydrogens is 776 g/mol. The summed E-state index contributed by atoms with van der Waals surface area (Å²) in [6.07, 6.45) is 3.34. The minimum Gasteiger partial charge on any atom is -0.311 e. The van der Waals surface area contributed by atoms with Gasteiger partial charge >= 0.3 is 0 Å². The molecule has 2 nitrogen and oxygen atoms in total. The summed E-state index contributed by atoms with van der Waals surface area (Å²) >= 11 is 3.89. The number of para-hydroxylation sites is 2. The quantitative estimate of drug-likeness (QED) is 0.154. The summed E-state index contributed by atoms with van der Waals surface area (Å²) in [5.74, 6) is 0. The molecule has 0 saturated heterocycles. The lowest BCUT2D eigenvalue weighted by Crippen LogP contribution is -2.60. The van der Waals surface area contributed by atoms with Crippen molar-refractivity contribution < 1.29 is 0 Å². The summed E-state index contributed by atoms with van der Waals surface area (Å²) < 4.78 is 5.19. The van der Waals surface area contributed by atoms with Gasteiger partial charge in [-0.1, -0.05) is 154 Å². The molecular formula is C56H45BN2S2. The van der Waals surface area contributed by atoms with Gasteiger partial charge in [-0.15, -0.1) is 11.3 Å². The maximum atomic E-state index is 2.67. The van der Waals surface area contributed by atoms with E-state index in [1.165, 1.54) is 113 Å². The van der Waals surface area contributed by atoms with E-state index < -0.39 is 0 Å². The second kappa shape index (κ2) is 14.0. The number of unbranched alkanes of at least 4 members (excludes halogenated alkanes) is 1. The lowest BCUT2D eigenvalue weighted by molar-refractivity contribution is 0.589. The number of fused-ring (bicyclic) bond motifs is 10. The maximum Gasteiger partial charge on any atom is 0.249 e. The van der Waals surface area contributed by atoms with Gasteiger partial charge in [-0.2, -0.15) is 0 Å². The SMILES string of the molecule is CCCCc1cc2sc3ccccc3c2cc1N1c2ccc(-c3ccccc3)cc2B2c3ccc(-n4c5ccccc5c5ccccc54)cc3Sc3cc(C(C)(C)C)cc1c32. The van der Waals surface area contributed by atoms with E-state index in [0.29, 0.717) is 0 Å². The molecule has 294 valence electrons. The van der Waals surface area contributed by atoms with Crippen LogP contribution in [0.3, 0.4) is 0 Å². The Bertz CT molecular complexity index is 3330. The van der Waals surface area contributed by atoms with Gasteiger partial charge in [0.05, 0.1) is 11.0 Å². The molecule has 0 N–H and O–H groups in total. The molecule has 61 heavy (non-hydrogen) atoms. The van der Waals surface area contributed by atoms with Gasteiger partial charge in [0.15, 0.2) is 0 Å². The molecule has 5 heteroatoms. The average Bonchev–Trinajstić information content (AvgIpc) is 3.82. The van der Waals surface area contributed by atoms with Crippen LogP contribution in [0.25, 0.3) is 58.8 Å². The van der Waals surface area contributed by atoms with Crippen LogP contribution in [0.2, 0.25) is 0 Å². The zero-order chi connectivity index (χ0) is 41.0. The Hall–Kier alpha value is -6.01. The van der Waals surface area contributed by atoms with E-state index in [1.54, 1.807) is 0 Å². The molecule has 8 aromatic carbocycles. The summed E-state index contributed by atoms with van der Waals surface area (Å²) in [4.78, 5) is 5.36. The third kappa shape index (κ3) is 5.77. The van der Waals surface area contributed by atoms with Crippen molar-refractivity contribution in [1.29, 1.82) is 0 Å². The van der Waals surface area contributed by atoms with Gasteiger partial charge in [0.25, 0.3) is 0 Å². The molecule has 0 aliphatic carbocycles. The van der Waals surface area contributed by atoms with Gasteiger partial charge in [0, 0.05) is 63.5 Å². The number of hydrogen-bond acceptors (Lipinski definition) is 3. The Morgan fingerprint density at radius 3 is 2.02 bits per heavy atom. The van der Waals surface area contributed by atoms with Crippen molar-refractivity contribution in [2.45, 2.75) is 62.2 Å². The molecule has 0 radical (unpaired) electrons. The van der Waals surface area contributed by atoms with Crippen molar-refractivity contribution in [1.82, 2.24) is 4.57 Å². The molecule has 0 atom stereocenters. The Morgan fingerprint density at radius 1 is 0.541 bits per heavy atom.